The summed E-state index contributed by atoms with van der Waals surface area (Å²) >= 11 is 0. The maximum Gasteiger partial charge on any atom is 0.330 e. The van der Waals surface area contributed by atoms with Gasteiger partial charge in [0.05, 0.1) is 18.6 Å². The number of carbonyl (C=O) groups is 3. The fourth-order valence-corrected chi connectivity index (χ4v) is 10.2. The van der Waals surface area contributed by atoms with Gasteiger partial charge in [-0.2, -0.15) is 0 Å². The van der Waals surface area contributed by atoms with Crippen molar-refractivity contribution in [2.45, 2.75) is 103 Å². The van der Waals surface area contributed by atoms with Gasteiger partial charge in [-0.05, 0) is 62.0 Å². The predicted molar refractivity (Wildman–Crippen MR) is 135 cm³/mol. The Hall–Kier alpha value is -2.61. The van der Waals surface area contributed by atoms with Crippen molar-refractivity contribution in [3.8, 4) is 0 Å². The zero-order valence-electron chi connectivity index (χ0n) is 23.2. The van der Waals surface area contributed by atoms with Crippen molar-refractivity contribution in [3.05, 3.63) is 36.3 Å². The van der Waals surface area contributed by atoms with Crippen LogP contribution in [-0.4, -0.2) is 47.4 Å². The molecule has 1 aromatic heterocycles. The number of carbonyl (C=O) groups excluding carboxylic acids is 3. The molecule has 4 fully saturated rings. The summed E-state index contributed by atoms with van der Waals surface area (Å²) in [5, 5.41) is 0. The number of hydrogen-bond acceptors (Lipinski definition) is 8. The molecule has 0 aromatic carbocycles. The minimum Gasteiger partial charge on any atom is -0.472 e. The average Bonchev–Trinajstić information content (AvgIpc) is 3.19. The molecule has 8 heteroatoms. The fraction of sp³-hybridized carbons (Fsp3) is 0.700. The minimum absolute atomic E-state index is 0.0305. The molecule has 4 unspecified atom stereocenters. The van der Waals surface area contributed by atoms with E-state index in [1.807, 2.05) is 32.3 Å². The van der Waals surface area contributed by atoms with Crippen molar-refractivity contribution in [2.75, 3.05) is 0 Å². The third kappa shape index (κ3) is 2.98. The molecule has 2 aliphatic heterocycles. The highest BCUT2D eigenvalue weighted by atomic mass is 16.6. The van der Waals surface area contributed by atoms with Crippen LogP contribution < -0.4 is 0 Å². The van der Waals surface area contributed by atoms with Crippen molar-refractivity contribution < 1.29 is 37.7 Å². The SMILES string of the molecule is CC(=O)OC1C(OC(C)=O)[C@]2(C)C(CC[C@@]3(C)C(c4ccoc4)C[C@H]4O[C@@]423)[C@@]2(C)C=CC(=O)OC(C)(C)[C@H]12. The van der Waals surface area contributed by atoms with Crippen LogP contribution in [0.2, 0.25) is 0 Å². The average molecular weight is 527 g/mol. The maximum atomic E-state index is 12.8. The van der Waals surface area contributed by atoms with E-state index in [1.165, 1.54) is 19.9 Å². The molecule has 3 saturated carbocycles. The van der Waals surface area contributed by atoms with Crippen molar-refractivity contribution in [3.63, 3.8) is 0 Å². The number of furan rings is 1. The summed E-state index contributed by atoms with van der Waals surface area (Å²) in [4.78, 5) is 38.1. The van der Waals surface area contributed by atoms with Crippen LogP contribution in [0.15, 0.2) is 35.2 Å². The van der Waals surface area contributed by atoms with Crippen molar-refractivity contribution >= 4 is 17.9 Å². The predicted octanol–water partition coefficient (Wildman–Crippen LogP) is 4.72. The molecule has 0 amide bonds. The van der Waals surface area contributed by atoms with Gasteiger partial charge >= 0.3 is 17.9 Å². The Morgan fingerprint density at radius 3 is 2.39 bits per heavy atom. The Morgan fingerprint density at radius 2 is 1.76 bits per heavy atom. The zero-order valence-corrected chi connectivity index (χ0v) is 23.2. The molecule has 206 valence electrons. The number of hydrogen-bond donors (Lipinski definition) is 0. The molecule has 1 spiro atoms. The largest absolute Gasteiger partial charge is 0.472 e. The van der Waals surface area contributed by atoms with E-state index in [1.54, 1.807) is 6.26 Å². The lowest BCUT2D eigenvalue weighted by molar-refractivity contribution is -0.280. The van der Waals surface area contributed by atoms with E-state index in [4.69, 9.17) is 23.4 Å². The summed E-state index contributed by atoms with van der Waals surface area (Å²) in [6, 6.07) is 2.03. The molecule has 5 aliphatic rings. The van der Waals surface area contributed by atoms with Crippen LogP contribution in [0.25, 0.3) is 0 Å². The highest BCUT2D eigenvalue weighted by Gasteiger charge is 2.88. The molecule has 1 aromatic rings. The second kappa shape index (κ2) is 7.74. The van der Waals surface area contributed by atoms with E-state index >= 15 is 0 Å². The summed E-state index contributed by atoms with van der Waals surface area (Å²) < 4.78 is 30.5. The number of rotatable bonds is 3. The molecule has 6 rings (SSSR count). The molecular weight excluding hydrogens is 488 g/mol. The van der Waals surface area contributed by atoms with Gasteiger partial charge in [0.2, 0.25) is 0 Å². The van der Waals surface area contributed by atoms with E-state index < -0.39 is 58.1 Å². The van der Waals surface area contributed by atoms with E-state index in [0.717, 1.165) is 24.8 Å². The van der Waals surface area contributed by atoms with Gasteiger partial charge in [-0.3, -0.25) is 9.59 Å². The number of allylic oxidation sites excluding steroid dienone is 1. The quantitative estimate of drug-likeness (QED) is 0.317. The molecule has 0 N–H and O–H groups in total. The zero-order chi connectivity index (χ0) is 27.5. The van der Waals surface area contributed by atoms with Crippen molar-refractivity contribution in [1.82, 2.24) is 0 Å². The van der Waals surface area contributed by atoms with E-state index in [2.05, 4.69) is 20.8 Å². The van der Waals surface area contributed by atoms with Gasteiger partial charge in [-0.25, -0.2) is 4.79 Å². The Labute approximate surface area is 223 Å². The first-order valence-corrected chi connectivity index (χ1v) is 13.7. The van der Waals surface area contributed by atoms with Gasteiger partial charge in [0.1, 0.15) is 23.4 Å². The molecule has 0 bridgehead atoms. The molecule has 3 aliphatic carbocycles. The first-order valence-electron chi connectivity index (χ1n) is 13.7. The standard InChI is InChI=1S/C30H38O8/c1-16(31)35-23-24-26(3,4)38-22(33)9-11-27(24,5)20-8-12-28(6)19(18-10-13-34-15-18)14-21-30(28,37-21)29(20,7)25(23)36-17(2)32/h9-11,13,15,19-21,23-25H,8,12,14H2,1-7H3/t19?,20?,21-,23?,24+,25?,27-,28+,29+,30-/m1/s1. The van der Waals surface area contributed by atoms with Crippen LogP contribution in [0.4, 0.5) is 0 Å². The third-order valence-electron chi connectivity index (χ3n) is 11.1. The first-order chi connectivity index (χ1) is 17.7. The number of fused-ring (bicyclic) bond motifs is 3. The Morgan fingerprint density at radius 1 is 1.05 bits per heavy atom. The van der Waals surface area contributed by atoms with Gasteiger partial charge in [0.15, 0.2) is 0 Å². The van der Waals surface area contributed by atoms with E-state index in [0.29, 0.717) is 0 Å². The number of ether oxygens (including phenoxy) is 4. The Bertz CT molecular complexity index is 1220. The monoisotopic (exact) mass is 526 g/mol. The maximum absolute atomic E-state index is 12.8. The summed E-state index contributed by atoms with van der Waals surface area (Å²) in [6.45, 7) is 13.1. The van der Waals surface area contributed by atoms with E-state index in [9.17, 15) is 14.4 Å². The lowest BCUT2D eigenvalue weighted by atomic mass is 9.38. The molecule has 0 radical (unpaired) electrons. The lowest BCUT2D eigenvalue weighted by Gasteiger charge is -2.68. The Kier molecular flexibility index (Phi) is 5.22. The molecule has 10 atom stereocenters. The number of esters is 3. The minimum atomic E-state index is -0.994. The van der Waals surface area contributed by atoms with E-state index in [-0.39, 0.29) is 23.4 Å². The topological polar surface area (TPSA) is 105 Å². The summed E-state index contributed by atoms with van der Waals surface area (Å²) in [7, 11) is 0. The van der Waals surface area contributed by atoms with Crippen LogP contribution in [0.3, 0.4) is 0 Å². The van der Waals surface area contributed by atoms with Crippen molar-refractivity contribution in [1.29, 1.82) is 0 Å². The second-order valence-corrected chi connectivity index (χ2v) is 13.3. The lowest BCUT2D eigenvalue weighted by Crippen LogP contribution is -2.74. The van der Waals surface area contributed by atoms with Gasteiger partial charge in [0.25, 0.3) is 0 Å². The first kappa shape index (κ1) is 25.7. The molecule has 3 heterocycles. The molecular formula is C30H38O8. The summed E-state index contributed by atoms with van der Waals surface area (Å²) in [5.74, 6) is -1.62. The normalized spacial score (nSPS) is 47.9. The van der Waals surface area contributed by atoms with Crippen molar-refractivity contribution in [2.24, 2.45) is 28.1 Å². The van der Waals surface area contributed by atoms with Crippen LogP contribution in [0, 0.1) is 28.1 Å². The van der Waals surface area contributed by atoms with Crippen LogP contribution in [0.5, 0.6) is 0 Å². The van der Waals surface area contributed by atoms with Crippen LogP contribution >= 0.6 is 0 Å². The molecule has 8 nitrogen and oxygen atoms in total. The Balaban J connectivity index is 1.59. The number of epoxide rings is 1. The van der Waals surface area contributed by atoms with Crippen LogP contribution in [0.1, 0.15) is 79.2 Å². The smallest absolute Gasteiger partial charge is 0.330 e. The molecule has 1 saturated heterocycles. The molecule has 38 heavy (non-hydrogen) atoms. The number of cyclic esters (lactones) is 1. The van der Waals surface area contributed by atoms with Gasteiger partial charge in [-0.1, -0.05) is 26.8 Å². The highest BCUT2D eigenvalue weighted by molar-refractivity contribution is 5.83. The highest BCUT2D eigenvalue weighted by Crippen LogP contribution is 2.82. The van der Waals surface area contributed by atoms with Crippen LogP contribution in [-0.2, 0) is 33.3 Å². The third-order valence-corrected chi connectivity index (χ3v) is 11.1. The van der Waals surface area contributed by atoms with Gasteiger partial charge < -0.3 is 23.4 Å². The van der Waals surface area contributed by atoms with Gasteiger partial charge in [-0.15, -0.1) is 0 Å². The van der Waals surface area contributed by atoms with Gasteiger partial charge in [0, 0.05) is 36.7 Å². The summed E-state index contributed by atoms with van der Waals surface area (Å²) in [5.41, 5.74) is -2.03. The fourth-order valence-electron chi connectivity index (χ4n) is 10.2. The second-order valence-electron chi connectivity index (χ2n) is 13.3. The summed E-state index contributed by atoms with van der Waals surface area (Å²) in [6.07, 6.45) is 7.91.